The molecule has 1 aromatic rings. The molecule has 4 heteroatoms. The van der Waals surface area contributed by atoms with Crippen molar-refractivity contribution in [1.82, 2.24) is 0 Å². The molecule has 2 aliphatic rings. The molecule has 3 rings (SSSR count). The molecule has 0 bridgehead atoms. The van der Waals surface area contributed by atoms with E-state index < -0.39 is 11.9 Å². The molecule has 1 amide bonds. The van der Waals surface area contributed by atoms with Crippen molar-refractivity contribution < 1.29 is 14.7 Å². The van der Waals surface area contributed by atoms with Gasteiger partial charge in [-0.2, -0.15) is 0 Å². The summed E-state index contributed by atoms with van der Waals surface area (Å²) in [6.07, 6.45) is 2.20. The Morgan fingerprint density at radius 1 is 1.26 bits per heavy atom. The van der Waals surface area contributed by atoms with E-state index >= 15 is 0 Å². The number of rotatable bonds is 2. The van der Waals surface area contributed by atoms with Gasteiger partial charge in [0.25, 0.3) is 0 Å². The maximum atomic E-state index is 12.5. The number of nitrogens with zero attached hydrogens (tertiary/aromatic N) is 1. The van der Waals surface area contributed by atoms with E-state index in [4.69, 9.17) is 5.11 Å². The van der Waals surface area contributed by atoms with Gasteiger partial charge in [-0.25, -0.2) is 0 Å². The molecule has 0 aromatic heterocycles. The van der Waals surface area contributed by atoms with Gasteiger partial charge in [0.15, 0.2) is 0 Å². The topological polar surface area (TPSA) is 57.6 Å². The molecule has 1 N–H and O–H groups in total. The second kappa shape index (κ2) is 4.37. The average molecular weight is 259 g/mol. The normalized spacial score (nSPS) is 24.8. The van der Waals surface area contributed by atoms with E-state index in [9.17, 15) is 9.59 Å². The largest absolute Gasteiger partial charge is 0.481 e. The Morgan fingerprint density at radius 3 is 2.63 bits per heavy atom. The monoisotopic (exact) mass is 259 g/mol. The first kappa shape index (κ1) is 12.2. The number of carbonyl (C=O) groups excluding carboxylic acids is 1. The Balaban J connectivity index is 1.82. The predicted octanol–water partition coefficient (Wildman–Crippen LogP) is 1.99. The molecule has 1 aliphatic heterocycles. The van der Waals surface area contributed by atoms with Crippen molar-refractivity contribution in [3.63, 3.8) is 0 Å². The Morgan fingerprint density at radius 2 is 2.00 bits per heavy atom. The summed E-state index contributed by atoms with van der Waals surface area (Å²) in [5, 5.41) is 9.06. The van der Waals surface area contributed by atoms with Crippen LogP contribution in [0.3, 0.4) is 0 Å². The van der Waals surface area contributed by atoms with Crippen LogP contribution < -0.4 is 4.90 Å². The van der Waals surface area contributed by atoms with Gasteiger partial charge in [0.1, 0.15) is 0 Å². The number of anilines is 1. The lowest BCUT2D eigenvalue weighted by atomic mass is 9.73. The van der Waals surface area contributed by atoms with Gasteiger partial charge in [0, 0.05) is 12.2 Å². The number of aryl methyl sites for hydroxylation is 1. The second-order valence-corrected chi connectivity index (χ2v) is 5.50. The molecule has 19 heavy (non-hydrogen) atoms. The molecule has 4 nitrogen and oxygen atoms in total. The van der Waals surface area contributed by atoms with E-state index in [0.717, 1.165) is 12.1 Å². The quantitative estimate of drug-likeness (QED) is 0.883. The van der Waals surface area contributed by atoms with E-state index in [-0.39, 0.29) is 11.8 Å². The Bertz CT molecular complexity index is 552. The Hall–Kier alpha value is -1.84. The number of benzene rings is 1. The summed E-state index contributed by atoms with van der Waals surface area (Å²) >= 11 is 0. The SMILES string of the molecule is Cc1ccc2c(c1)CCN2C(=O)C1CCC1C(=O)O. The van der Waals surface area contributed by atoms with Crippen LogP contribution in [-0.4, -0.2) is 23.5 Å². The van der Waals surface area contributed by atoms with Gasteiger partial charge in [0.05, 0.1) is 11.8 Å². The lowest BCUT2D eigenvalue weighted by molar-refractivity contribution is -0.151. The van der Waals surface area contributed by atoms with Crippen molar-refractivity contribution in [2.75, 3.05) is 11.4 Å². The molecule has 2 unspecified atom stereocenters. The summed E-state index contributed by atoms with van der Waals surface area (Å²) in [6.45, 7) is 2.72. The van der Waals surface area contributed by atoms with E-state index in [1.807, 2.05) is 19.1 Å². The number of fused-ring (bicyclic) bond motifs is 1. The molecule has 0 spiro atoms. The van der Waals surface area contributed by atoms with Gasteiger partial charge in [-0.05, 0) is 37.8 Å². The summed E-state index contributed by atoms with van der Waals surface area (Å²) in [7, 11) is 0. The minimum Gasteiger partial charge on any atom is -0.481 e. The highest BCUT2D eigenvalue weighted by Gasteiger charge is 2.44. The number of hydrogen-bond acceptors (Lipinski definition) is 2. The van der Waals surface area contributed by atoms with Crippen molar-refractivity contribution in [2.24, 2.45) is 11.8 Å². The lowest BCUT2D eigenvalue weighted by Gasteiger charge is -2.35. The Kier molecular flexibility index (Phi) is 2.81. The number of carbonyl (C=O) groups is 2. The number of carboxylic acid groups (broad SMARTS) is 1. The molecule has 0 radical (unpaired) electrons. The molecule has 0 saturated heterocycles. The molecule has 1 fully saturated rings. The van der Waals surface area contributed by atoms with Crippen molar-refractivity contribution in [1.29, 1.82) is 0 Å². The van der Waals surface area contributed by atoms with Gasteiger partial charge in [-0.1, -0.05) is 17.7 Å². The van der Waals surface area contributed by atoms with E-state index in [2.05, 4.69) is 6.07 Å². The maximum Gasteiger partial charge on any atom is 0.307 e. The predicted molar refractivity (Wildman–Crippen MR) is 71.1 cm³/mol. The zero-order chi connectivity index (χ0) is 13.6. The number of carboxylic acids is 1. The molecule has 1 aliphatic carbocycles. The van der Waals surface area contributed by atoms with Crippen molar-refractivity contribution in [2.45, 2.75) is 26.2 Å². The van der Waals surface area contributed by atoms with Crippen LogP contribution in [0.15, 0.2) is 18.2 Å². The second-order valence-electron chi connectivity index (χ2n) is 5.50. The van der Waals surface area contributed by atoms with Crippen molar-refractivity contribution >= 4 is 17.6 Å². The maximum absolute atomic E-state index is 12.5. The third-order valence-electron chi connectivity index (χ3n) is 4.31. The minimum absolute atomic E-state index is 0.0127. The minimum atomic E-state index is -0.840. The van der Waals surface area contributed by atoms with Gasteiger partial charge in [-0.15, -0.1) is 0 Å². The summed E-state index contributed by atoms with van der Waals surface area (Å²) in [5.74, 6) is -1.67. The number of amides is 1. The smallest absolute Gasteiger partial charge is 0.307 e. The Labute approximate surface area is 112 Å². The van der Waals surface area contributed by atoms with Crippen LogP contribution in [0.4, 0.5) is 5.69 Å². The van der Waals surface area contributed by atoms with Gasteiger partial charge >= 0.3 is 5.97 Å². The first-order chi connectivity index (χ1) is 9.08. The molecular formula is C15H17NO3. The van der Waals surface area contributed by atoms with Crippen LogP contribution in [0.25, 0.3) is 0 Å². The third-order valence-corrected chi connectivity index (χ3v) is 4.31. The van der Waals surface area contributed by atoms with Gasteiger partial charge < -0.3 is 10.0 Å². The first-order valence-electron chi connectivity index (χ1n) is 6.71. The third kappa shape index (κ3) is 1.91. The zero-order valence-electron chi connectivity index (χ0n) is 10.9. The summed E-state index contributed by atoms with van der Waals surface area (Å²) in [6, 6.07) is 6.09. The fourth-order valence-corrected chi connectivity index (χ4v) is 3.05. The summed E-state index contributed by atoms with van der Waals surface area (Å²) < 4.78 is 0. The highest BCUT2D eigenvalue weighted by atomic mass is 16.4. The fourth-order valence-electron chi connectivity index (χ4n) is 3.05. The van der Waals surface area contributed by atoms with Crippen LogP contribution in [0, 0.1) is 18.8 Å². The molecule has 2 atom stereocenters. The highest BCUT2D eigenvalue weighted by Crippen LogP contribution is 2.39. The van der Waals surface area contributed by atoms with Crippen LogP contribution in [0.1, 0.15) is 24.0 Å². The number of aliphatic carboxylic acids is 1. The molecule has 1 heterocycles. The van der Waals surface area contributed by atoms with Crippen molar-refractivity contribution in [3.05, 3.63) is 29.3 Å². The summed E-state index contributed by atoms with van der Waals surface area (Å²) in [4.78, 5) is 25.3. The van der Waals surface area contributed by atoms with E-state index in [1.54, 1.807) is 4.90 Å². The summed E-state index contributed by atoms with van der Waals surface area (Å²) in [5.41, 5.74) is 3.35. The standard InChI is InChI=1S/C15H17NO3/c1-9-2-5-13-10(8-9)6-7-16(13)14(17)11-3-4-12(11)15(18)19/h2,5,8,11-12H,3-4,6-7H2,1H3,(H,18,19). The fraction of sp³-hybridized carbons (Fsp3) is 0.467. The first-order valence-corrected chi connectivity index (χ1v) is 6.71. The molecule has 1 aromatic carbocycles. The highest BCUT2D eigenvalue weighted by molar-refractivity contribution is 5.99. The molecular weight excluding hydrogens is 242 g/mol. The van der Waals surface area contributed by atoms with Crippen molar-refractivity contribution in [3.8, 4) is 0 Å². The van der Waals surface area contributed by atoms with Gasteiger partial charge in [0.2, 0.25) is 5.91 Å². The van der Waals surface area contributed by atoms with Crippen LogP contribution in [0.2, 0.25) is 0 Å². The molecule has 1 saturated carbocycles. The van der Waals surface area contributed by atoms with E-state index in [1.165, 1.54) is 11.1 Å². The average Bonchev–Trinajstić information content (AvgIpc) is 2.69. The van der Waals surface area contributed by atoms with Crippen LogP contribution in [0.5, 0.6) is 0 Å². The number of hydrogen-bond donors (Lipinski definition) is 1. The van der Waals surface area contributed by atoms with Crippen LogP contribution >= 0.6 is 0 Å². The van der Waals surface area contributed by atoms with E-state index in [0.29, 0.717) is 19.4 Å². The van der Waals surface area contributed by atoms with Crippen LogP contribution in [-0.2, 0) is 16.0 Å². The van der Waals surface area contributed by atoms with Gasteiger partial charge in [-0.3, -0.25) is 9.59 Å². The molecule has 100 valence electrons. The zero-order valence-corrected chi connectivity index (χ0v) is 10.9. The lowest BCUT2D eigenvalue weighted by Crippen LogP contribution is -2.45.